The number of aromatic amines is 1. The van der Waals surface area contributed by atoms with Crippen LogP contribution in [0.1, 0.15) is 53.3 Å². The number of aromatic nitrogens is 1. The van der Waals surface area contributed by atoms with Crippen molar-refractivity contribution in [3.8, 4) is 0 Å². The normalized spacial score (nSPS) is 20.4. The third kappa shape index (κ3) is 2.32. The zero-order chi connectivity index (χ0) is 13.5. The third-order valence-corrected chi connectivity index (χ3v) is 4.91. The molecule has 0 bridgehead atoms. The molecule has 0 saturated carbocycles. The van der Waals surface area contributed by atoms with Crippen molar-refractivity contribution in [1.82, 2.24) is 4.98 Å². The number of nitrogens with one attached hydrogen (secondary N) is 2. The molecule has 0 radical (unpaired) electrons. The van der Waals surface area contributed by atoms with Gasteiger partial charge in [-0.05, 0) is 55.2 Å². The second kappa shape index (κ2) is 5.69. The van der Waals surface area contributed by atoms with E-state index in [0.29, 0.717) is 0 Å². The molecule has 21 heavy (non-hydrogen) atoms. The van der Waals surface area contributed by atoms with Gasteiger partial charge in [0.15, 0.2) is 0 Å². The van der Waals surface area contributed by atoms with E-state index in [2.05, 4.69) is 35.3 Å². The van der Waals surface area contributed by atoms with Crippen LogP contribution in [0.25, 0.3) is 0 Å². The number of H-pyrrole nitrogens is 1. The second-order valence-corrected chi connectivity index (χ2v) is 6.06. The highest BCUT2D eigenvalue weighted by Crippen LogP contribution is 2.37. The van der Waals surface area contributed by atoms with Crippen LogP contribution < -0.4 is 0 Å². The average Bonchev–Trinajstić information content (AvgIpc) is 2.88. The van der Waals surface area contributed by atoms with Crippen LogP contribution in [0.3, 0.4) is 0 Å². The minimum absolute atomic E-state index is 0. The molecule has 0 fully saturated rings. The average molecular weight is 301 g/mol. The summed E-state index contributed by atoms with van der Waals surface area (Å²) in [5.74, 6) is 0.267. The molecule has 0 amide bonds. The quantitative estimate of drug-likeness (QED) is 0.783. The fourth-order valence-electron chi connectivity index (χ4n) is 3.89. The van der Waals surface area contributed by atoms with Crippen molar-refractivity contribution in [2.24, 2.45) is 0 Å². The minimum Gasteiger partial charge on any atom is -0.357 e. The number of benzene rings is 1. The number of hydrogen-bond donors (Lipinski definition) is 2. The molecule has 1 unspecified atom stereocenters. The van der Waals surface area contributed by atoms with Crippen LogP contribution in [0.2, 0.25) is 0 Å². The molecule has 0 spiro atoms. The summed E-state index contributed by atoms with van der Waals surface area (Å²) in [4.78, 5) is 3.58. The Labute approximate surface area is 131 Å². The monoisotopic (exact) mass is 300 g/mol. The molecule has 2 aliphatic rings. The first-order valence-electron chi connectivity index (χ1n) is 7.71. The molecule has 1 aromatic heterocycles. The van der Waals surface area contributed by atoms with E-state index in [-0.39, 0.29) is 18.3 Å². The first-order valence-corrected chi connectivity index (χ1v) is 7.71. The maximum Gasteiger partial charge on any atom is 0.0635 e. The molecule has 2 nitrogen and oxygen atoms in total. The zero-order valence-electron chi connectivity index (χ0n) is 12.1. The first kappa shape index (κ1) is 14.4. The smallest absolute Gasteiger partial charge is 0.0635 e. The standard InChI is InChI=1S/C18H20N2.ClH/c19-17-13(12-6-2-1-3-7-12)10-11-15-14-8-4-5-9-16(14)20-18(15)17;/h1-3,6-7,13,19-20H,4-5,8-11H2;1H. The number of aryl methyl sites for hydroxylation is 1. The molecular weight excluding hydrogens is 280 g/mol. The lowest BCUT2D eigenvalue weighted by molar-refractivity contribution is 0.668. The summed E-state index contributed by atoms with van der Waals surface area (Å²) in [6, 6.07) is 10.5. The number of halogens is 1. The van der Waals surface area contributed by atoms with Crippen molar-refractivity contribution < 1.29 is 0 Å². The van der Waals surface area contributed by atoms with Crippen molar-refractivity contribution in [3.63, 3.8) is 0 Å². The van der Waals surface area contributed by atoms with Crippen molar-refractivity contribution >= 4 is 18.1 Å². The maximum absolute atomic E-state index is 8.61. The number of hydrogen-bond acceptors (Lipinski definition) is 1. The van der Waals surface area contributed by atoms with Gasteiger partial charge in [0.2, 0.25) is 0 Å². The SMILES string of the molecule is Cl.N=C1c2[nH]c3c(c2CCC1c1ccccc1)CCCC3. The van der Waals surface area contributed by atoms with Crippen LogP contribution in [-0.2, 0) is 19.3 Å². The summed E-state index contributed by atoms with van der Waals surface area (Å²) in [5.41, 5.74) is 7.64. The predicted octanol–water partition coefficient (Wildman–Crippen LogP) is 4.41. The highest BCUT2D eigenvalue weighted by atomic mass is 35.5. The van der Waals surface area contributed by atoms with Crippen LogP contribution in [0.4, 0.5) is 0 Å². The number of rotatable bonds is 1. The maximum atomic E-state index is 8.61. The van der Waals surface area contributed by atoms with Gasteiger partial charge in [0.1, 0.15) is 0 Å². The van der Waals surface area contributed by atoms with E-state index in [0.717, 1.165) is 24.2 Å². The van der Waals surface area contributed by atoms with Crippen LogP contribution in [0, 0.1) is 5.41 Å². The van der Waals surface area contributed by atoms with Gasteiger partial charge in [0.25, 0.3) is 0 Å². The molecule has 1 atom stereocenters. The molecule has 110 valence electrons. The summed E-state index contributed by atoms with van der Waals surface area (Å²) in [6.07, 6.45) is 7.20. The van der Waals surface area contributed by atoms with Gasteiger partial charge in [0.05, 0.1) is 11.4 Å². The fraction of sp³-hybridized carbons (Fsp3) is 0.389. The van der Waals surface area contributed by atoms with E-state index in [1.54, 1.807) is 5.56 Å². The minimum atomic E-state index is 0. The Balaban J connectivity index is 0.00000132. The summed E-state index contributed by atoms with van der Waals surface area (Å²) in [7, 11) is 0. The van der Waals surface area contributed by atoms with Crippen molar-refractivity contribution in [2.75, 3.05) is 0 Å². The van der Waals surface area contributed by atoms with E-state index < -0.39 is 0 Å². The van der Waals surface area contributed by atoms with Gasteiger partial charge in [-0.15, -0.1) is 12.4 Å². The molecule has 2 aliphatic carbocycles. The Morgan fingerprint density at radius 2 is 1.71 bits per heavy atom. The Morgan fingerprint density at radius 3 is 2.52 bits per heavy atom. The largest absolute Gasteiger partial charge is 0.357 e. The summed E-state index contributed by atoms with van der Waals surface area (Å²) >= 11 is 0. The van der Waals surface area contributed by atoms with Crippen molar-refractivity contribution in [2.45, 2.75) is 44.4 Å². The van der Waals surface area contributed by atoms with Gasteiger partial charge < -0.3 is 10.4 Å². The van der Waals surface area contributed by atoms with E-state index in [1.807, 2.05) is 0 Å². The molecule has 2 aromatic rings. The van der Waals surface area contributed by atoms with Crippen LogP contribution in [0.15, 0.2) is 30.3 Å². The molecular formula is C18H21ClN2. The van der Waals surface area contributed by atoms with Gasteiger partial charge in [-0.25, -0.2) is 0 Å². The summed E-state index contributed by atoms with van der Waals surface area (Å²) in [6.45, 7) is 0. The topological polar surface area (TPSA) is 39.6 Å². The second-order valence-electron chi connectivity index (χ2n) is 6.06. The number of fused-ring (bicyclic) bond motifs is 3. The first-order chi connectivity index (χ1) is 9.84. The third-order valence-electron chi connectivity index (χ3n) is 4.91. The fourth-order valence-corrected chi connectivity index (χ4v) is 3.89. The molecule has 1 aromatic carbocycles. The van der Waals surface area contributed by atoms with Crippen molar-refractivity contribution in [3.05, 3.63) is 58.4 Å². The molecule has 0 aliphatic heterocycles. The van der Waals surface area contributed by atoms with Crippen molar-refractivity contribution in [1.29, 1.82) is 5.41 Å². The van der Waals surface area contributed by atoms with Gasteiger partial charge in [0, 0.05) is 11.6 Å². The zero-order valence-corrected chi connectivity index (χ0v) is 12.9. The Kier molecular flexibility index (Phi) is 3.90. The lowest BCUT2D eigenvalue weighted by atomic mass is 9.79. The van der Waals surface area contributed by atoms with E-state index in [9.17, 15) is 0 Å². The Hall–Kier alpha value is -1.54. The lowest BCUT2D eigenvalue weighted by Crippen LogP contribution is -2.21. The van der Waals surface area contributed by atoms with E-state index in [1.165, 1.54) is 42.5 Å². The van der Waals surface area contributed by atoms with Crippen LogP contribution >= 0.6 is 12.4 Å². The van der Waals surface area contributed by atoms with Gasteiger partial charge in [-0.2, -0.15) is 0 Å². The van der Waals surface area contributed by atoms with Crippen LogP contribution in [0.5, 0.6) is 0 Å². The summed E-state index contributed by atoms with van der Waals surface area (Å²) < 4.78 is 0. The summed E-state index contributed by atoms with van der Waals surface area (Å²) in [5, 5.41) is 8.61. The molecule has 4 rings (SSSR count). The highest BCUT2D eigenvalue weighted by molar-refractivity contribution is 6.04. The molecule has 2 N–H and O–H groups in total. The van der Waals surface area contributed by atoms with Gasteiger partial charge >= 0.3 is 0 Å². The van der Waals surface area contributed by atoms with E-state index >= 15 is 0 Å². The van der Waals surface area contributed by atoms with E-state index in [4.69, 9.17) is 5.41 Å². The highest BCUT2D eigenvalue weighted by Gasteiger charge is 2.30. The van der Waals surface area contributed by atoms with Crippen LogP contribution in [-0.4, -0.2) is 10.7 Å². The Bertz CT molecular complexity index is 657. The Morgan fingerprint density at radius 1 is 0.952 bits per heavy atom. The predicted molar refractivity (Wildman–Crippen MR) is 89.0 cm³/mol. The lowest BCUT2D eigenvalue weighted by Gasteiger charge is -2.24. The molecule has 1 heterocycles. The molecule has 3 heteroatoms. The molecule has 0 saturated heterocycles. The van der Waals surface area contributed by atoms with Gasteiger partial charge in [-0.3, -0.25) is 0 Å². The van der Waals surface area contributed by atoms with Gasteiger partial charge in [-0.1, -0.05) is 30.3 Å².